The van der Waals surface area contributed by atoms with E-state index in [2.05, 4.69) is 4.74 Å². The molecule has 0 aromatic heterocycles. The third-order valence-corrected chi connectivity index (χ3v) is 5.64. The number of rotatable bonds is 7. The van der Waals surface area contributed by atoms with Crippen molar-refractivity contribution in [1.82, 2.24) is 0 Å². The molecule has 1 aliphatic carbocycles. The first-order valence-corrected chi connectivity index (χ1v) is 11.3. The van der Waals surface area contributed by atoms with E-state index in [-0.39, 0.29) is 5.75 Å². The molecule has 0 fully saturated rings. The van der Waals surface area contributed by atoms with Crippen molar-refractivity contribution in [3.63, 3.8) is 0 Å². The van der Waals surface area contributed by atoms with Crippen LogP contribution in [0, 0.1) is 0 Å². The predicted octanol–water partition coefficient (Wildman–Crippen LogP) is 2.51. The normalized spacial score (nSPS) is 16.2. The van der Waals surface area contributed by atoms with Crippen molar-refractivity contribution in [2.75, 3.05) is 5.75 Å². The molecule has 2 atom stereocenters. The van der Waals surface area contributed by atoms with Gasteiger partial charge in [-0.2, -0.15) is 21.6 Å². The highest BCUT2D eigenvalue weighted by Crippen LogP contribution is 2.33. The third-order valence-electron chi connectivity index (χ3n) is 4.91. The van der Waals surface area contributed by atoms with Crippen molar-refractivity contribution in [3.05, 3.63) is 70.8 Å². The number of esters is 2. The Kier molecular flexibility index (Phi) is 6.99. The molecule has 0 radical (unpaired) electrons. The van der Waals surface area contributed by atoms with Crippen LogP contribution in [-0.4, -0.2) is 50.8 Å². The number of alkyl halides is 3. The van der Waals surface area contributed by atoms with Crippen molar-refractivity contribution in [3.8, 4) is 5.75 Å². The van der Waals surface area contributed by atoms with Crippen molar-refractivity contribution >= 4 is 36.0 Å². The molecule has 1 N–H and O–H groups in total. The first kappa shape index (κ1) is 24.5. The molecule has 174 valence electrons. The highest BCUT2D eigenvalue weighted by atomic mass is 32.2. The Bertz CT molecular complexity index is 1210. The van der Waals surface area contributed by atoms with Gasteiger partial charge >= 0.3 is 18.1 Å². The number of carbonyl (C=O) groups excluding carboxylic acids is 2. The minimum absolute atomic E-state index is 0.324. The highest BCUT2D eigenvalue weighted by molar-refractivity contribution is 7.85. The average molecular weight is 482 g/mol. The molecule has 2 aromatic rings. The number of halogens is 3. The highest BCUT2D eigenvalue weighted by Gasteiger charge is 2.46. The molecule has 0 spiro atoms. The van der Waals surface area contributed by atoms with E-state index in [0.29, 0.717) is 17.4 Å². The Hall–Kier alpha value is -3.12. The zero-order valence-corrected chi connectivity index (χ0v) is 18.0. The third kappa shape index (κ3) is 6.02. The van der Waals surface area contributed by atoms with Crippen molar-refractivity contribution in [2.24, 2.45) is 0 Å². The smallest absolute Gasteiger partial charge is 0.426 e. The molecule has 0 saturated carbocycles. The van der Waals surface area contributed by atoms with Gasteiger partial charge in [0.1, 0.15) is 30.8 Å². The number of carbonyl (C=O) groups is 2. The second kappa shape index (κ2) is 9.40. The number of benzene rings is 2. The molecule has 0 heterocycles. The van der Waals surface area contributed by atoms with Gasteiger partial charge in [-0.25, -0.2) is 4.79 Å². The van der Waals surface area contributed by atoms with Gasteiger partial charge in [0.15, 0.2) is 0 Å². The van der Waals surface area contributed by atoms with Gasteiger partial charge in [0.2, 0.25) is 6.10 Å². The number of hydrogen-bond donors (Lipinski definition) is 1. The minimum Gasteiger partial charge on any atom is -0.448 e. The van der Waals surface area contributed by atoms with Crippen LogP contribution in [0.25, 0.3) is 6.08 Å². The quantitative estimate of drug-likeness (QED) is 0.280. The summed E-state index contributed by atoms with van der Waals surface area (Å²) in [5, 5.41) is 0. The summed E-state index contributed by atoms with van der Waals surface area (Å²) < 4.78 is 79.9. The number of hydrogen-bond acceptors (Lipinski definition) is 6. The number of ether oxygens (including phenoxy) is 2. The van der Waals surface area contributed by atoms with Crippen LogP contribution < -0.4 is 4.74 Å². The molecule has 0 bridgehead atoms. The van der Waals surface area contributed by atoms with E-state index in [9.17, 15) is 31.2 Å². The zero-order valence-electron chi connectivity index (χ0n) is 17.2. The summed E-state index contributed by atoms with van der Waals surface area (Å²) in [6, 6.07) is 10.9. The molecule has 33 heavy (non-hydrogen) atoms. The summed E-state index contributed by atoms with van der Waals surface area (Å²) >= 11 is 0. The summed E-state index contributed by atoms with van der Waals surface area (Å²) in [6.07, 6.45) is -4.58. The Balaban J connectivity index is 1.88. The molecular weight excluding hydrogens is 464 g/mol. The lowest BCUT2D eigenvalue weighted by atomic mass is 9.95. The standard InChI is InChI=1S/C21H18BF3O7S/c22-10-12-5-7-16(20(27)32-18(21(23,24)25)11-33(28,29)30)17(9-12)31-19(26)15-8-6-13-3-1-2-4-14(13)15/h1-9,15,18H,10-11,22H2,(H,28,29,30). The fourth-order valence-corrected chi connectivity index (χ4v) is 3.89. The summed E-state index contributed by atoms with van der Waals surface area (Å²) in [4.78, 5) is 25.3. The lowest BCUT2D eigenvalue weighted by Crippen LogP contribution is -2.39. The van der Waals surface area contributed by atoms with E-state index in [0.717, 1.165) is 11.6 Å². The van der Waals surface area contributed by atoms with Gasteiger partial charge in [-0.05, 0) is 23.3 Å². The lowest BCUT2D eigenvalue weighted by Gasteiger charge is -2.20. The zero-order chi connectivity index (χ0) is 24.4. The second-order valence-electron chi connectivity index (χ2n) is 7.26. The van der Waals surface area contributed by atoms with E-state index >= 15 is 0 Å². The first-order valence-electron chi connectivity index (χ1n) is 9.73. The maximum Gasteiger partial charge on any atom is 0.426 e. The summed E-state index contributed by atoms with van der Waals surface area (Å²) in [5.41, 5.74) is 1.60. The second-order valence-corrected chi connectivity index (χ2v) is 8.75. The van der Waals surface area contributed by atoms with Crippen LogP contribution in [0.5, 0.6) is 5.75 Å². The largest absolute Gasteiger partial charge is 0.448 e. The SMILES string of the molecule is BCc1ccc(C(=O)OC(CS(=O)(=O)O)C(F)(F)F)c(OC(=O)C2C=Cc3ccccc32)c1. The first-order chi connectivity index (χ1) is 15.4. The van der Waals surface area contributed by atoms with E-state index in [1.54, 1.807) is 44.3 Å². The predicted molar refractivity (Wildman–Crippen MR) is 114 cm³/mol. The van der Waals surface area contributed by atoms with Crippen molar-refractivity contribution < 1.29 is 45.2 Å². The summed E-state index contributed by atoms with van der Waals surface area (Å²) in [7, 11) is -3.33. The Morgan fingerprint density at radius 1 is 1.15 bits per heavy atom. The Morgan fingerprint density at radius 2 is 1.85 bits per heavy atom. The average Bonchev–Trinajstić information content (AvgIpc) is 3.15. The van der Waals surface area contributed by atoms with Crippen LogP contribution in [0.4, 0.5) is 13.2 Å². The van der Waals surface area contributed by atoms with Gasteiger partial charge in [-0.3, -0.25) is 9.35 Å². The van der Waals surface area contributed by atoms with Crippen molar-refractivity contribution in [2.45, 2.75) is 24.5 Å². The van der Waals surface area contributed by atoms with Crippen LogP contribution in [-0.2, 0) is 26.0 Å². The van der Waals surface area contributed by atoms with Gasteiger partial charge in [0.05, 0.1) is 0 Å². The Morgan fingerprint density at radius 3 is 2.48 bits per heavy atom. The maximum atomic E-state index is 13.2. The monoisotopic (exact) mass is 482 g/mol. The van der Waals surface area contributed by atoms with Gasteiger partial charge in [0.25, 0.3) is 10.1 Å². The van der Waals surface area contributed by atoms with Crippen LogP contribution in [0.3, 0.4) is 0 Å². The molecule has 0 amide bonds. The minimum atomic E-state index is -5.26. The Labute approximate surface area is 188 Å². The molecule has 1 aliphatic rings. The fourth-order valence-electron chi connectivity index (χ4n) is 3.25. The van der Waals surface area contributed by atoms with E-state index < -0.39 is 51.6 Å². The van der Waals surface area contributed by atoms with E-state index in [1.165, 1.54) is 12.1 Å². The molecule has 3 rings (SSSR count). The molecule has 2 unspecified atom stereocenters. The van der Waals surface area contributed by atoms with Crippen molar-refractivity contribution in [1.29, 1.82) is 0 Å². The van der Waals surface area contributed by atoms with Crippen LogP contribution in [0.15, 0.2) is 48.5 Å². The van der Waals surface area contributed by atoms with Gasteiger partial charge in [-0.15, -0.1) is 0 Å². The van der Waals surface area contributed by atoms with E-state index in [4.69, 9.17) is 9.29 Å². The fraction of sp³-hybridized carbons (Fsp3) is 0.238. The summed E-state index contributed by atoms with van der Waals surface area (Å²) in [6.45, 7) is 0. The van der Waals surface area contributed by atoms with Gasteiger partial charge in [-0.1, -0.05) is 54.4 Å². The molecule has 7 nitrogen and oxygen atoms in total. The van der Waals surface area contributed by atoms with Gasteiger partial charge in [0, 0.05) is 0 Å². The van der Waals surface area contributed by atoms with Crippen LogP contribution >= 0.6 is 0 Å². The van der Waals surface area contributed by atoms with Crippen LogP contribution in [0.2, 0.25) is 0 Å². The lowest BCUT2D eigenvalue weighted by molar-refractivity contribution is -0.197. The molecule has 12 heteroatoms. The number of fused-ring (bicyclic) bond motifs is 1. The molecule has 2 aromatic carbocycles. The van der Waals surface area contributed by atoms with E-state index in [1.807, 2.05) is 0 Å². The molecule has 0 aliphatic heterocycles. The summed E-state index contributed by atoms with van der Waals surface area (Å²) in [5.74, 6) is -5.29. The topological polar surface area (TPSA) is 107 Å². The maximum absolute atomic E-state index is 13.2. The molecular formula is C21H18BF3O7S. The molecule has 0 saturated heterocycles. The van der Waals surface area contributed by atoms with Crippen LogP contribution in [0.1, 0.15) is 33.0 Å². The van der Waals surface area contributed by atoms with Gasteiger partial charge < -0.3 is 9.47 Å².